The lowest BCUT2D eigenvalue weighted by molar-refractivity contribution is 0.100. The standard InChI is InChI=1S/C10H12ClNO/c1-6-3-8(11)4-9(7(6)2)10(13)5-12/h3-4H,5,12H2,1-2H3. The van der Waals surface area contributed by atoms with Crippen LogP contribution in [0.3, 0.4) is 0 Å². The van der Waals surface area contributed by atoms with Gasteiger partial charge in [0.05, 0.1) is 6.54 Å². The molecule has 0 atom stereocenters. The van der Waals surface area contributed by atoms with Crippen LogP contribution >= 0.6 is 11.6 Å². The fourth-order valence-electron chi connectivity index (χ4n) is 1.21. The van der Waals surface area contributed by atoms with Crippen molar-refractivity contribution in [2.24, 2.45) is 5.73 Å². The van der Waals surface area contributed by atoms with Crippen molar-refractivity contribution in [1.82, 2.24) is 0 Å². The first-order valence-electron chi connectivity index (χ1n) is 4.06. The summed E-state index contributed by atoms with van der Waals surface area (Å²) in [6.07, 6.45) is 0. The smallest absolute Gasteiger partial charge is 0.176 e. The van der Waals surface area contributed by atoms with Crippen molar-refractivity contribution < 1.29 is 4.79 Å². The molecule has 1 aromatic rings. The third kappa shape index (κ3) is 2.08. The van der Waals surface area contributed by atoms with Crippen molar-refractivity contribution in [2.45, 2.75) is 13.8 Å². The summed E-state index contributed by atoms with van der Waals surface area (Å²) >= 11 is 5.83. The number of benzene rings is 1. The van der Waals surface area contributed by atoms with Crippen molar-refractivity contribution in [3.8, 4) is 0 Å². The first kappa shape index (κ1) is 10.2. The minimum atomic E-state index is -0.0666. The molecular weight excluding hydrogens is 186 g/mol. The van der Waals surface area contributed by atoms with Crippen molar-refractivity contribution in [3.63, 3.8) is 0 Å². The number of nitrogens with two attached hydrogens (primary N) is 1. The summed E-state index contributed by atoms with van der Waals surface area (Å²) < 4.78 is 0. The maximum atomic E-state index is 11.4. The van der Waals surface area contributed by atoms with Gasteiger partial charge < -0.3 is 5.73 Å². The van der Waals surface area contributed by atoms with Crippen LogP contribution in [-0.2, 0) is 0 Å². The highest BCUT2D eigenvalue weighted by molar-refractivity contribution is 6.31. The molecule has 2 nitrogen and oxygen atoms in total. The van der Waals surface area contributed by atoms with Gasteiger partial charge in [-0.1, -0.05) is 11.6 Å². The fourth-order valence-corrected chi connectivity index (χ4v) is 1.49. The summed E-state index contributed by atoms with van der Waals surface area (Å²) in [5.74, 6) is -0.0666. The maximum absolute atomic E-state index is 11.4. The summed E-state index contributed by atoms with van der Waals surface area (Å²) in [6, 6.07) is 3.50. The van der Waals surface area contributed by atoms with Crippen LogP contribution in [0.25, 0.3) is 0 Å². The summed E-state index contributed by atoms with van der Waals surface area (Å²) in [7, 11) is 0. The molecule has 0 aliphatic heterocycles. The van der Waals surface area contributed by atoms with E-state index in [-0.39, 0.29) is 12.3 Å². The third-order valence-corrected chi connectivity index (χ3v) is 2.34. The Labute approximate surface area is 82.7 Å². The second-order valence-electron chi connectivity index (χ2n) is 3.02. The lowest BCUT2D eigenvalue weighted by atomic mass is 10.0. The molecule has 0 aliphatic carbocycles. The number of carbonyl (C=O) groups is 1. The van der Waals surface area contributed by atoms with Gasteiger partial charge >= 0.3 is 0 Å². The zero-order chi connectivity index (χ0) is 10.0. The number of hydrogen-bond acceptors (Lipinski definition) is 2. The van der Waals surface area contributed by atoms with Gasteiger partial charge in [-0.2, -0.15) is 0 Å². The molecule has 0 aromatic heterocycles. The molecule has 0 saturated carbocycles. The molecule has 0 fully saturated rings. The molecule has 0 saturated heterocycles. The lowest BCUT2D eigenvalue weighted by Crippen LogP contribution is -2.15. The molecule has 1 rings (SSSR count). The van der Waals surface area contributed by atoms with Crippen molar-refractivity contribution in [1.29, 1.82) is 0 Å². The van der Waals surface area contributed by atoms with E-state index in [0.717, 1.165) is 11.1 Å². The van der Waals surface area contributed by atoms with E-state index < -0.39 is 0 Å². The number of hydrogen-bond donors (Lipinski definition) is 1. The highest BCUT2D eigenvalue weighted by Crippen LogP contribution is 2.19. The van der Waals surface area contributed by atoms with Gasteiger partial charge in [-0.15, -0.1) is 0 Å². The Balaban J connectivity index is 3.28. The van der Waals surface area contributed by atoms with Crippen molar-refractivity contribution in [2.75, 3.05) is 6.54 Å². The highest BCUT2D eigenvalue weighted by atomic mass is 35.5. The normalized spacial score (nSPS) is 10.2. The van der Waals surface area contributed by atoms with E-state index in [9.17, 15) is 4.79 Å². The topological polar surface area (TPSA) is 43.1 Å². The Morgan fingerprint density at radius 1 is 1.46 bits per heavy atom. The van der Waals surface area contributed by atoms with Gasteiger partial charge in [0, 0.05) is 10.6 Å². The zero-order valence-electron chi connectivity index (χ0n) is 7.73. The number of rotatable bonds is 2. The van der Waals surface area contributed by atoms with Gasteiger partial charge in [0.2, 0.25) is 0 Å². The van der Waals surface area contributed by atoms with Crippen LogP contribution in [0.2, 0.25) is 5.02 Å². The Bertz CT molecular complexity index is 347. The quantitative estimate of drug-likeness (QED) is 0.738. The second-order valence-corrected chi connectivity index (χ2v) is 3.46. The SMILES string of the molecule is Cc1cc(Cl)cc(C(=O)CN)c1C. The number of ketones is 1. The molecule has 3 heteroatoms. The molecule has 0 amide bonds. The molecule has 0 radical (unpaired) electrons. The number of Topliss-reactive ketones (excluding diaryl/α,β-unsaturated/α-hetero) is 1. The number of carbonyl (C=O) groups excluding carboxylic acids is 1. The van der Waals surface area contributed by atoms with Gasteiger partial charge in [0.15, 0.2) is 5.78 Å². The second kappa shape index (κ2) is 3.90. The average Bonchev–Trinajstić information content (AvgIpc) is 2.10. The van der Waals surface area contributed by atoms with Gasteiger partial charge in [0.1, 0.15) is 0 Å². The van der Waals surface area contributed by atoms with E-state index in [1.165, 1.54) is 0 Å². The Kier molecular flexibility index (Phi) is 3.07. The molecule has 0 heterocycles. The molecule has 0 aliphatic rings. The van der Waals surface area contributed by atoms with E-state index in [2.05, 4.69) is 0 Å². The summed E-state index contributed by atoms with van der Waals surface area (Å²) in [5, 5.41) is 0.583. The van der Waals surface area contributed by atoms with E-state index in [1.807, 2.05) is 19.9 Å². The monoisotopic (exact) mass is 197 g/mol. The fraction of sp³-hybridized carbons (Fsp3) is 0.300. The predicted octanol–water partition coefficient (Wildman–Crippen LogP) is 2.10. The molecule has 0 spiro atoms. The predicted molar refractivity (Wildman–Crippen MR) is 54.3 cm³/mol. The average molecular weight is 198 g/mol. The minimum absolute atomic E-state index is 0.0284. The van der Waals surface area contributed by atoms with E-state index in [0.29, 0.717) is 10.6 Å². The molecule has 0 bridgehead atoms. The summed E-state index contributed by atoms with van der Waals surface area (Å²) in [6.45, 7) is 3.85. The van der Waals surface area contributed by atoms with Crippen molar-refractivity contribution >= 4 is 17.4 Å². The summed E-state index contributed by atoms with van der Waals surface area (Å²) in [4.78, 5) is 11.4. The first-order chi connectivity index (χ1) is 6.06. The molecule has 13 heavy (non-hydrogen) atoms. The number of aryl methyl sites for hydroxylation is 1. The largest absolute Gasteiger partial charge is 0.324 e. The molecule has 70 valence electrons. The van der Waals surface area contributed by atoms with E-state index >= 15 is 0 Å². The van der Waals surface area contributed by atoms with Crippen LogP contribution in [0.15, 0.2) is 12.1 Å². The van der Waals surface area contributed by atoms with Gasteiger partial charge in [-0.05, 0) is 37.1 Å². The van der Waals surface area contributed by atoms with Crippen molar-refractivity contribution in [3.05, 3.63) is 33.8 Å². The lowest BCUT2D eigenvalue weighted by Gasteiger charge is -2.07. The van der Waals surface area contributed by atoms with Crippen LogP contribution < -0.4 is 5.73 Å². The highest BCUT2D eigenvalue weighted by Gasteiger charge is 2.09. The Hall–Kier alpha value is -0.860. The minimum Gasteiger partial charge on any atom is -0.324 e. The van der Waals surface area contributed by atoms with Gasteiger partial charge in [-0.25, -0.2) is 0 Å². The number of halogens is 1. The molecule has 2 N–H and O–H groups in total. The van der Waals surface area contributed by atoms with Crippen LogP contribution in [0.4, 0.5) is 0 Å². The first-order valence-corrected chi connectivity index (χ1v) is 4.44. The van der Waals surface area contributed by atoms with Crippen LogP contribution in [0.1, 0.15) is 21.5 Å². The maximum Gasteiger partial charge on any atom is 0.176 e. The molecule has 0 unspecified atom stereocenters. The summed E-state index contributed by atoms with van der Waals surface area (Å²) in [5.41, 5.74) is 7.89. The van der Waals surface area contributed by atoms with Crippen LogP contribution in [0, 0.1) is 13.8 Å². The molecule has 1 aromatic carbocycles. The van der Waals surface area contributed by atoms with Crippen LogP contribution in [0.5, 0.6) is 0 Å². The zero-order valence-corrected chi connectivity index (χ0v) is 8.48. The van der Waals surface area contributed by atoms with E-state index in [4.69, 9.17) is 17.3 Å². The Morgan fingerprint density at radius 3 is 2.62 bits per heavy atom. The molecular formula is C10H12ClNO. The van der Waals surface area contributed by atoms with E-state index in [1.54, 1.807) is 6.07 Å². The third-order valence-electron chi connectivity index (χ3n) is 2.12. The van der Waals surface area contributed by atoms with Crippen LogP contribution in [-0.4, -0.2) is 12.3 Å². The van der Waals surface area contributed by atoms with Gasteiger partial charge in [-0.3, -0.25) is 4.79 Å². The Morgan fingerprint density at radius 2 is 2.08 bits per heavy atom. The van der Waals surface area contributed by atoms with Gasteiger partial charge in [0.25, 0.3) is 0 Å².